The smallest absolute Gasteiger partial charge is 0.259 e. The van der Waals surface area contributed by atoms with Gasteiger partial charge in [0.2, 0.25) is 5.91 Å². The van der Waals surface area contributed by atoms with Crippen LogP contribution in [0.4, 0.5) is 0 Å². The van der Waals surface area contributed by atoms with Crippen molar-refractivity contribution in [2.75, 3.05) is 0 Å². The molecule has 41 heavy (non-hydrogen) atoms. The van der Waals surface area contributed by atoms with Gasteiger partial charge in [0.05, 0.1) is 33.7 Å². The molecule has 3 amide bonds. The van der Waals surface area contributed by atoms with Gasteiger partial charge >= 0.3 is 0 Å². The van der Waals surface area contributed by atoms with Gasteiger partial charge in [-0.05, 0) is 36.6 Å². The molecule has 6 aromatic rings. The number of nitrogens with zero attached hydrogens (tertiary/aromatic N) is 3. The van der Waals surface area contributed by atoms with E-state index in [4.69, 9.17) is 5.73 Å². The summed E-state index contributed by atoms with van der Waals surface area (Å²) in [5, 5.41) is 5.84. The number of imide groups is 1. The van der Waals surface area contributed by atoms with E-state index >= 15 is 0 Å². The maximum Gasteiger partial charge on any atom is 0.259 e. The number of rotatable bonds is 3. The Morgan fingerprint density at radius 1 is 1.00 bits per heavy atom. The first-order valence-corrected chi connectivity index (χ1v) is 13.7. The number of para-hydroxylation sites is 2. The van der Waals surface area contributed by atoms with Crippen LogP contribution in [0.2, 0.25) is 0 Å². The molecule has 5 heterocycles. The minimum absolute atomic E-state index is 0.116. The van der Waals surface area contributed by atoms with E-state index in [1.165, 1.54) is 0 Å². The standard InChI is InChI=1S/C32H26N6O3/c1-16-14-38-28-18(15-37(16)32(41)21(33)12-17-6-5-11-34-13-17)7-4-9-20(28)24-26-25(30(39)36-31(26)40)23-19-8-2-3-10-22(19)35-27(23)29(24)38/h2-11,13,16,21,35H,12,14-15,33H2,1H3,(H,36,39,40)/t16?,21-/m0/s1. The molecule has 202 valence electrons. The number of pyridine rings is 1. The number of aromatic amines is 1. The van der Waals surface area contributed by atoms with Gasteiger partial charge in [0.15, 0.2) is 0 Å². The van der Waals surface area contributed by atoms with Crippen molar-refractivity contribution in [3.05, 3.63) is 89.2 Å². The van der Waals surface area contributed by atoms with Crippen molar-refractivity contribution in [3.63, 3.8) is 0 Å². The molecule has 0 saturated heterocycles. The summed E-state index contributed by atoms with van der Waals surface area (Å²) in [7, 11) is 0. The molecule has 0 fully saturated rings. The van der Waals surface area contributed by atoms with Gasteiger partial charge in [0, 0.05) is 58.6 Å². The van der Waals surface area contributed by atoms with Crippen molar-refractivity contribution in [2.24, 2.45) is 5.73 Å². The molecule has 2 aliphatic heterocycles. The number of nitrogens with one attached hydrogen (secondary N) is 2. The zero-order valence-corrected chi connectivity index (χ0v) is 22.3. The monoisotopic (exact) mass is 542 g/mol. The summed E-state index contributed by atoms with van der Waals surface area (Å²) in [4.78, 5) is 49.8. The van der Waals surface area contributed by atoms with Crippen LogP contribution in [0, 0.1) is 0 Å². The molecule has 9 heteroatoms. The average Bonchev–Trinajstić information content (AvgIpc) is 3.57. The fourth-order valence-electron chi connectivity index (χ4n) is 6.89. The summed E-state index contributed by atoms with van der Waals surface area (Å²) in [5.74, 6) is -0.872. The van der Waals surface area contributed by atoms with Gasteiger partial charge < -0.3 is 20.2 Å². The number of carbonyl (C=O) groups is 3. The van der Waals surface area contributed by atoms with Crippen LogP contribution in [0.1, 0.15) is 38.8 Å². The molecular formula is C32H26N6O3. The number of fused-ring (bicyclic) bond motifs is 10. The second-order valence-corrected chi connectivity index (χ2v) is 11.1. The van der Waals surface area contributed by atoms with E-state index in [0.717, 1.165) is 54.7 Å². The van der Waals surface area contributed by atoms with E-state index in [9.17, 15) is 14.4 Å². The Morgan fingerprint density at radius 2 is 1.78 bits per heavy atom. The van der Waals surface area contributed by atoms with Crippen LogP contribution >= 0.6 is 0 Å². The van der Waals surface area contributed by atoms with E-state index in [1.807, 2.05) is 66.4 Å². The first kappa shape index (κ1) is 23.8. The van der Waals surface area contributed by atoms with Crippen LogP contribution in [0.5, 0.6) is 0 Å². The van der Waals surface area contributed by atoms with E-state index in [1.54, 1.807) is 12.4 Å². The molecule has 3 aromatic heterocycles. The summed E-state index contributed by atoms with van der Waals surface area (Å²) in [6.07, 6.45) is 3.84. The predicted molar refractivity (Wildman–Crippen MR) is 157 cm³/mol. The Bertz CT molecular complexity index is 2110. The third kappa shape index (κ3) is 3.26. The number of H-pyrrole nitrogens is 1. The molecule has 2 atom stereocenters. The van der Waals surface area contributed by atoms with Crippen LogP contribution in [-0.2, 0) is 24.3 Å². The van der Waals surface area contributed by atoms with E-state index in [-0.39, 0.29) is 23.8 Å². The van der Waals surface area contributed by atoms with Gasteiger partial charge in [0.25, 0.3) is 11.8 Å². The van der Waals surface area contributed by atoms with Crippen molar-refractivity contribution in [1.82, 2.24) is 24.8 Å². The second-order valence-electron chi connectivity index (χ2n) is 11.1. The minimum atomic E-state index is -0.701. The van der Waals surface area contributed by atoms with Crippen molar-refractivity contribution < 1.29 is 14.4 Å². The molecule has 2 aliphatic rings. The summed E-state index contributed by atoms with van der Waals surface area (Å²) >= 11 is 0. The zero-order chi connectivity index (χ0) is 28.0. The van der Waals surface area contributed by atoms with Crippen molar-refractivity contribution >= 4 is 61.3 Å². The molecule has 0 spiro atoms. The summed E-state index contributed by atoms with van der Waals surface area (Å²) in [6.45, 7) is 2.92. The van der Waals surface area contributed by atoms with Gasteiger partial charge in [-0.2, -0.15) is 0 Å². The number of nitrogens with two attached hydrogens (primary N) is 1. The van der Waals surface area contributed by atoms with Gasteiger partial charge in [-0.25, -0.2) is 0 Å². The van der Waals surface area contributed by atoms with Gasteiger partial charge in [-0.15, -0.1) is 0 Å². The Hall–Kier alpha value is -5.02. The number of aromatic nitrogens is 3. The van der Waals surface area contributed by atoms with E-state index in [2.05, 4.69) is 19.9 Å². The second kappa shape index (κ2) is 8.49. The third-order valence-electron chi connectivity index (χ3n) is 8.64. The normalized spacial score (nSPS) is 17.4. The predicted octanol–water partition coefficient (Wildman–Crippen LogP) is 4.01. The Kier molecular flexibility index (Phi) is 4.93. The molecule has 0 radical (unpaired) electrons. The van der Waals surface area contributed by atoms with Gasteiger partial charge in [0.1, 0.15) is 0 Å². The van der Waals surface area contributed by atoms with Gasteiger partial charge in [-0.3, -0.25) is 24.7 Å². The highest BCUT2D eigenvalue weighted by Gasteiger charge is 2.37. The maximum atomic E-state index is 13.8. The average molecular weight is 543 g/mol. The molecule has 8 rings (SSSR count). The van der Waals surface area contributed by atoms with Crippen molar-refractivity contribution in [3.8, 4) is 0 Å². The quantitative estimate of drug-likeness (QED) is 0.292. The Morgan fingerprint density at radius 3 is 2.59 bits per heavy atom. The largest absolute Gasteiger partial charge is 0.353 e. The van der Waals surface area contributed by atoms with E-state index in [0.29, 0.717) is 30.6 Å². The Labute approximate surface area is 233 Å². The van der Waals surface area contributed by atoms with Crippen LogP contribution in [0.25, 0.3) is 43.6 Å². The van der Waals surface area contributed by atoms with Crippen LogP contribution in [-0.4, -0.2) is 49.2 Å². The number of benzene rings is 3. The highest BCUT2D eigenvalue weighted by Crippen LogP contribution is 2.45. The molecule has 0 aliphatic carbocycles. The van der Waals surface area contributed by atoms with E-state index < -0.39 is 6.04 Å². The van der Waals surface area contributed by atoms with Crippen LogP contribution < -0.4 is 11.1 Å². The van der Waals surface area contributed by atoms with Crippen molar-refractivity contribution in [1.29, 1.82) is 0 Å². The third-order valence-corrected chi connectivity index (χ3v) is 8.64. The number of carbonyl (C=O) groups excluding carboxylic acids is 3. The lowest BCUT2D eigenvalue weighted by atomic mass is 9.96. The summed E-state index contributed by atoms with van der Waals surface area (Å²) < 4.78 is 2.22. The lowest BCUT2D eigenvalue weighted by Crippen LogP contribution is -2.48. The molecule has 0 bridgehead atoms. The topological polar surface area (TPSA) is 126 Å². The molecule has 4 N–H and O–H groups in total. The lowest BCUT2D eigenvalue weighted by molar-refractivity contribution is -0.135. The molecule has 9 nitrogen and oxygen atoms in total. The summed E-state index contributed by atoms with van der Waals surface area (Å²) in [5.41, 5.74) is 12.7. The molecule has 1 unspecified atom stereocenters. The highest BCUT2D eigenvalue weighted by atomic mass is 16.2. The number of amides is 3. The first-order valence-electron chi connectivity index (χ1n) is 13.7. The fraction of sp³-hybridized carbons (Fsp3) is 0.188. The fourth-order valence-corrected chi connectivity index (χ4v) is 6.89. The lowest BCUT2D eigenvalue weighted by Gasteiger charge is -2.30. The minimum Gasteiger partial charge on any atom is -0.353 e. The summed E-state index contributed by atoms with van der Waals surface area (Å²) in [6, 6.07) is 16.7. The van der Waals surface area contributed by atoms with Crippen molar-refractivity contribution in [2.45, 2.75) is 38.5 Å². The van der Waals surface area contributed by atoms with Gasteiger partial charge in [-0.1, -0.05) is 42.5 Å². The maximum absolute atomic E-state index is 13.8. The number of hydrogen-bond acceptors (Lipinski definition) is 5. The van der Waals surface area contributed by atoms with Crippen LogP contribution in [0.15, 0.2) is 67.0 Å². The highest BCUT2D eigenvalue weighted by molar-refractivity contribution is 6.39. The number of hydrogen-bond donors (Lipinski definition) is 3. The SMILES string of the molecule is CC1Cn2c3c(cccc3c3c4c(c5c6ccccc6[nH]c5c32)C(=O)NC4=O)CN1C(=O)[C@@H](N)Cc1cccnc1. The Balaban J connectivity index is 1.36. The molecular weight excluding hydrogens is 516 g/mol. The molecule has 0 saturated carbocycles. The molecule has 3 aromatic carbocycles. The first-order chi connectivity index (χ1) is 19.9. The van der Waals surface area contributed by atoms with Crippen LogP contribution in [0.3, 0.4) is 0 Å². The zero-order valence-electron chi connectivity index (χ0n) is 22.3.